The maximum absolute atomic E-state index is 11.7. The second kappa shape index (κ2) is 14.0. The fourth-order valence-electron chi connectivity index (χ4n) is 6.42. The molecule has 0 spiro atoms. The van der Waals surface area contributed by atoms with Crippen LogP contribution < -0.4 is 9.64 Å². The minimum absolute atomic E-state index is 0.138. The molecule has 0 N–H and O–H groups in total. The van der Waals surface area contributed by atoms with Crippen LogP contribution in [0.5, 0.6) is 11.6 Å². The summed E-state index contributed by atoms with van der Waals surface area (Å²) in [6.45, 7) is 8.68. The van der Waals surface area contributed by atoms with Crippen LogP contribution in [0.1, 0.15) is 24.8 Å². The molecule has 3 aromatic rings. The molecule has 3 saturated heterocycles. The van der Waals surface area contributed by atoms with Gasteiger partial charge in [-0.3, -0.25) is 14.6 Å². The van der Waals surface area contributed by atoms with E-state index < -0.39 is 0 Å². The van der Waals surface area contributed by atoms with Crippen molar-refractivity contribution in [2.75, 3.05) is 71.4 Å². The van der Waals surface area contributed by atoms with E-state index in [1.165, 1.54) is 7.11 Å². The lowest BCUT2D eigenvalue weighted by atomic mass is 9.93. The SMILES string of the molecule is COC(=O)CC1CCN(Cc2cc(Oc3cnc(N4CCN5CCN(C)CC5C4)nc3)nc(-c3cc(Cl)cc(Cl)c3)c2)CC1. The van der Waals surface area contributed by atoms with Gasteiger partial charge in [-0.25, -0.2) is 15.0 Å². The average molecular weight is 641 g/mol. The van der Waals surface area contributed by atoms with Gasteiger partial charge in [-0.1, -0.05) is 23.2 Å². The fourth-order valence-corrected chi connectivity index (χ4v) is 6.94. The number of hydrogen-bond donors (Lipinski definition) is 0. The van der Waals surface area contributed by atoms with Crippen molar-refractivity contribution in [3.05, 3.63) is 58.3 Å². The van der Waals surface area contributed by atoms with Gasteiger partial charge in [0.05, 0.1) is 25.2 Å². The number of piperazine rings is 2. The molecule has 3 aliphatic heterocycles. The summed E-state index contributed by atoms with van der Waals surface area (Å²) in [5.74, 6) is 1.91. The summed E-state index contributed by atoms with van der Waals surface area (Å²) < 4.78 is 11.1. The van der Waals surface area contributed by atoms with Gasteiger partial charge < -0.3 is 19.3 Å². The summed E-state index contributed by atoms with van der Waals surface area (Å²) >= 11 is 12.7. The molecule has 0 radical (unpaired) electrons. The van der Waals surface area contributed by atoms with Gasteiger partial charge >= 0.3 is 5.97 Å². The van der Waals surface area contributed by atoms with Crippen molar-refractivity contribution in [1.29, 1.82) is 0 Å². The number of halogens is 2. The summed E-state index contributed by atoms with van der Waals surface area (Å²) in [6.07, 6.45) is 5.83. The van der Waals surface area contributed by atoms with Crippen LogP contribution in [0, 0.1) is 5.92 Å². The Morgan fingerprint density at radius 3 is 2.39 bits per heavy atom. The first kappa shape index (κ1) is 31.0. The molecule has 0 bridgehead atoms. The second-order valence-electron chi connectivity index (χ2n) is 12.1. The third-order valence-electron chi connectivity index (χ3n) is 8.83. The number of likely N-dealkylation sites (N-methyl/N-ethyl adjacent to an activating group) is 1. The minimum Gasteiger partial charge on any atom is -0.469 e. The number of benzene rings is 1. The zero-order chi connectivity index (χ0) is 30.6. The lowest BCUT2D eigenvalue weighted by Gasteiger charge is -2.46. The number of methoxy groups -OCH3 is 1. The van der Waals surface area contributed by atoms with Crippen molar-refractivity contribution in [3.8, 4) is 22.9 Å². The third kappa shape index (κ3) is 7.79. The number of esters is 1. The lowest BCUT2D eigenvalue weighted by molar-refractivity contribution is -0.142. The maximum Gasteiger partial charge on any atom is 0.305 e. The van der Waals surface area contributed by atoms with Crippen molar-refractivity contribution in [2.24, 2.45) is 5.92 Å². The highest BCUT2D eigenvalue weighted by molar-refractivity contribution is 6.35. The van der Waals surface area contributed by atoms with Crippen LogP contribution in [-0.2, 0) is 16.1 Å². The van der Waals surface area contributed by atoms with Crippen LogP contribution in [0.4, 0.5) is 5.95 Å². The smallest absolute Gasteiger partial charge is 0.305 e. The van der Waals surface area contributed by atoms with Crippen LogP contribution in [0.15, 0.2) is 42.7 Å². The number of carbonyl (C=O) groups is 1. The predicted octanol–water partition coefficient (Wildman–Crippen LogP) is 4.85. The van der Waals surface area contributed by atoms with E-state index in [4.69, 9.17) is 37.7 Å². The van der Waals surface area contributed by atoms with E-state index in [1.54, 1.807) is 18.5 Å². The number of fused-ring (bicyclic) bond motifs is 1. The van der Waals surface area contributed by atoms with Crippen LogP contribution in [0.25, 0.3) is 11.3 Å². The Labute approximate surface area is 268 Å². The van der Waals surface area contributed by atoms with Gasteiger partial charge in [0.25, 0.3) is 0 Å². The molecule has 1 aromatic carbocycles. The molecule has 0 amide bonds. The zero-order valence-corrected chi connectivity index (χ0v) is 26.8. The molecule has 1 atom stereocenters. The molecule has 234 valence electrons. The van der Waals surface area contributed by atoms with Crippen molar-refractivity contribution < 1.29 is 14.3 Å². The highest BCUT2D eigenvalue weighted by atomic mass is 35.5. The Kier molecular flexibility index (Phi) is 9.83. The molecule has 1 unspecified atom stereocenters. The van der Waals surface area contributed by atoms with Gasteiger partial charge in [0.15, 0.2) is 5.75 Å². The summed E-state index contributed by atoms with van der Waals surface area (Å²) in [6, 6.07) is 9.91. The summed E-state index contributed by atoms with van der Waals surface area (Å²) in [5.41, 5.74) is 2.58. The number of pyridine rings is 1. The Bertz CT molecular complexity index is 1430. The highest BCUT2D eigenvalue weighted by Gasteiger charge is 2.32. The van der Waals surface area contributed by atoms with E-state index in [2.05, 4.69) is 42.7 Å². The predicted molar refractivity (Wildman–Crippen MR) is 172 cm³/mol. The molecule has 3 fully saturated rings. The Morgan fingerprint density at radius 1 is 0.932 bits per heavy atom. The molecule has 6 rings (SSSR count). The maximum atomic E-state index is 11.7. The molecule has 10 nitrogen and oxygen atoms in total. The van der Waals surface area contributed by atoms with Crippen LogP contribution in [0.3, 0.4) is 0 Å². The van der Waals surface area contributed by atoms with E-state index in [-0.39, 0.29) is 5.97 Å². The normalized spacial score (nSPS) is 20.4. The average Bonchev–Trinajstić information content (AvgIpc) is 3.01. The van der Waals surface area contributed by atoms with Crippen molar-refractivity contribution in [3.63, 3.8) is 0 Å². The molecule has 3 aliphatic rings. The zero-order valence-electron chi connectivity index (χ0n) is 25.3. The number of aromatic nitrogens is 3. The molecule has 0 aliphatic carbocycles. The Hall–Kier alpha value is -3.02. The molecule has 12 heteroatoms. The van der Waals surface area contributed by atoms with E-state index in [1.807, 2.05) is 18.2 Å². The van der Waals surface area contributed by atoms with Gasteiger partial charge in [0.1, 0.15) is 0 Å². The van der Waals surface area contributed by atoms with Crippen LogP contribution >= 0.6 is 23.2 Å². The summed E-state index contributed by atoms with van der Waals surface area (Å²) in [4.78, 5) is 35.5. The fraction of sp³-hybridized carbons (Fsp3) is 0.500. The van der Waals surface area contributed by atoms with Gasteiger partial charge in [-0.15, -0.1) is 0 Å². The van der Waals surface area contributed by atoms with Crippen molar-refractivity contribution >= 4 is 35.1 Å². The number of carbonyl (C=O) groups excluding carboxylic acids is 1. The van der Waals surface area contributed by atoms with E-state index in [0.717, 1.165) is 94.5 Å². The van der Waals surface area contributed by atoms with Gasteiger partial charge in [0, 0.05) is 80.0 Å². The van der Waals surface area contributed by atoms with Crippen LogP contribution in [-0.4, -0.2) is 108 Å². The lowest BCUT2D eigenvalue weighted by Crippen LogP contribution is -2.61. The Morgan fingerprint density at radius 2 is 1.66 bits per heavy atom. The number of nitrogens with zero attached hydrogens (tertiary/aromatic N) is 7. The molecule has 2 aromatic heterocycles. The summed E-state index contributed by atoms with van der Waals surface area (Å²) in [5, 5.41) is 1.08. The number of likely N-dealkylation sites (tertiary alicyclic amines) is 1. The van der Waals surface area contributed by atoms with Crippen LogP contribution in [0.2, 0.25) is 10.0 Å². The topological polar surface area (TPSA) is 87.2 Å². The molecular weight excluding hydrogens is 601 g/mol. The van der Waals surface area contributed by atoms with E-state index in [9.17, 15) is 4.79 Å². The molecule has 5 heterocycles. The molecule has 0 saturated carbocycles. The number of piperidine rings is 1. The first-order valence-corrected chi connectivity index (χ1v) is 16.0. The van der Waals surface area contributed by atoms with E-state index >= 15 is 0 Å². The first-order valence-electron chi connectivity index (χ1n) is 15.3. The minimum atomic E-state index is -0.138. The molecular formula is C32H39Cl2N7O3. The second-order valence-corrected chi connectivity index (χ2v) is 12.9. The standard InChI is InChI=1S/C32H39Cl2N7O3/c1-38-7-8-40-9-10-41(21-27(40)20-38)32-35-17-28(18-36-32)44-30-12-23(11-29(37-30)24-14-25(33)16-26(34)15-24)19-39-5-3-22(4-6-39)13-31(42)43-2/h11-12,14-18,22,27H,3-10,13,19-21H2,1-2H3. The van der Waals surface area contributed by atoms with Gasteiger partial charge in [0.2, 0.25) is 11.8 Å². The monoisotopic (exact) mass is 639 g/mol. The highest BCUT2D eigenvalue weighted by Crippen LogP contribution is 2.31. The number of anilines is 1. The number of rotatable bonds is 8. The largest absolute Gasteiger partial charge is 0.469 e. The third-order valence-corrected chi connectivity index (χ3v) is 9.27. The quantitative estimate of drug-likeness (QED) is 0.319. The van der Waals surface area contributed by atoms with Gasteiger partial charge in [-0.2, -0.15) is 0 Å². The van der Waals surface area contributed by atoms with Crippen molar-refractivity contribution in [1.82, 2.24) is 29.7 Å². The first-order chi connectivity index (χ1) is 21.3. The van der Waals surface area contributed by atoms with Crippen molar-refractivity contribution in [2.45, 2.75) is 31.8 Å². The molecule has 44 heavy (non-hydrogen) atoms. The number of ether oxygens (including phenoxy) is 2. The Balaban J connectivity index is 1.17. The summed E-state index contributed by atoms with van der Waals surface area (Å²) in [7, 11) is 3.63. The van der Waals surface area contributed by atoms with Gasteiger partial charge in [-0.05, 0) is 68.7 Å². The number of hydrogen-bond acceptors (Lipinski definition) is 10. The van der Waals surface area contributed by atoms with E-state index in [0.29, 0.717) is 40.1 Å².